The number of aromatic nitrogens is 4. The Bertz CT molecular complexity index is 840. The molecule has 0 radical (unpaired) electrons. The molecule has 0 amide bonds. The van der Waals surface area contributed by atoms with Crippen molar-refractivity contribution < 1.29 is 14.6 Å². The number of hydrogen-bond donors (Lipinski definition) is 2. The van der Waals surface area contributed by atoms with Crippen LogP contribution in [0, 0.1) is 6.92 Å². The van der Waals surface area contributed by atoms with Gasteiger partial charge in [-0.05, 0) is 31.2 Å². The van der Waals surface area contributed by atoms with E-state index in [1.165, 1.54) is 43.7 Å². The van der Waals surface area contributed by atoms with Crippen molar-refractivity contribution in [3.63, 3.8) is 0 Å². The van der Waals surface area contributed by atoms with E-state index < -0.39 is 0 Å². The average Bonchev–Trinajstić information content (AvgIpc) is 2.51. The summed E-state index contributed by atoms with van der Waals surface area (Å²) in [6, 6.07) is 1.29. The number of aryl methyl sites for hydroxylation is 1. The summed E-state index contributed by atoms with van der Waals surface area (Å²) >= 11 is 0. The summed E-state index contributed by atoms with van der Waals surface area (Å²) in [5, 5.41) is 9.38. The average molecular weight is 314 g/mol. The molecule has 2 N–H and O–H groups in total. The number of aromatic amines is 1. The third-order valence-electron chi connectivity index (χ3n) is 2.64. The lowest BCUT2D eigenvalue weighted by molar-refractivity contribution is -0.110. The van der Waals surface area contributed by atoms with Crippen LogP contribution >= 0.6 is 0 Å². The molecule has 23 heavy (non-hydrogen) atoms. The molecule has 2 aromatic rings. The molecule has 2 rings (SSSR count). The van der Waals surface area contributed by atoms with Crippen LogP contribution in [0.1, 0.15) is 17.3 Å². The number of hydrogen-bond acceptors (Lipinski definition) is 7. The van der Waals surface area contributed by atoms with Gasteiger partial charge >= 0.3 is 0 Å². The second-order valence-electron chi connectivity index (χ2n) is 4.45. The van der Waals surface area contributed by atoms with Crippen molar-refractivity contribution >= 4 is 17.9 Å². The van der Waals surface area contributed by atoms with Gasteiger partial charge in [0, 0.05) is 6.07 Å². The zero-order chi connectivity index (χ0) is 16.8. The third kappa shape index (κ3) is 4.60. The van der Waals surface area contributed by atoms with E-state index in [2.05, 4.69) is 19.9 Å². The van der Waals surface area contributed by atoms with Gasteiger partial charge in [0.2, 0.25) is 0 Å². The molecule has 8 heteroatoms. The number of nitrogens with zero attached hydrogens (tertiary/aromatic N) is 3. The highest BCUT2D eigenvalue weighted by Gasteiger charge is 2.04. The van der Waals surface area contributed by atoms with Crippen LogP contribution in [0.25, 0.3) is 12.2 Å². The Hall–Kier alpha value is -3.29. The van der Waals surface area contributed by atoms with Crippen LogP contribution in [-0.2, 0) is 4.79 Å². The van der Waals surface area contributed by atoms with Crippen LogP contribution in [-0.4, -0.2) is 37.9 Å². The SMILES string of the molecule is COc1nc(/C=C/C(=O)/C=C/c2cc(=O)[nH]c(C)n2)ncc1O. The largest absolute Gasteiger partial charge is 0.502 e. The van der Waals surface area contributed by atoms with Crippen LogP contribution in [0.15, 0.2) is 29.2 Å². The molecule has 2 aromatic heterocycles. The molecular formula is C15H14N4O4. The number of H-pyrrole nitrogens is 1. The first-order valence-corrected chi connectivity index (χ1v) is 6.56. The normalized spacial score (nSPS) is 11.2. The Morgan fingerprint density at radius 1 is 1.30 bits per heavy atom. The second kappa shape index (κ2) is 7.12. The molecule has 0 spiro atoms. The maximum atomic E-state index is 11.8. The smallest absolute Gasteiger partial charge is 0.260 e. The lowest BCUT2D eigenvalue weighted by Crippen LogP contribution is -2.08. The Labute approximate surface area is 131 Å². The molecule has 0 aromatic carbocycles. The first-order chi connectivity index (χ1) is 11.0. The fourth-order valence-corrected chi connectivity index (χ4v) is 1.67. The summed E-state index contributed by atoms with van der Waals surface area (Å²) < 4.78 is 4.85. The van der Waals surface area contributed by atoms with Gasteiger partial charge < -0.3 is 14.8 Å². The summed E-state index contributed by atoms with van der Waals surface area (Å²) in [5.41, 5.74) is 0.0975. The van der Waals surface area contributed by atoms with Crippen LogP contribution in [0.2, 0.25) is 0 Å². The van der Waals surface area contributed by atoms with E-state index in [1.54, 1.807) is 6.92 Å². The van der Waals surface area contributed by atoms with Gasteiger partial charge in [-0.1, -0.05) is 0 Å². The van der Waals surface area contributed by atoms with E-state index in [0.29, 0.717) is 11.5 Å². The molecular weight excluding hydrogens is 300 g/mol. The van der Waals surface area contributed by atoms with Gasteiger partial charge in [0.25, 0.3) is 11.4 Å². The second-order valence-corrected chi connectivity index (χ2v) is 4.45. The molecule has 0 aliphatic carbocycles. The fraction of sp³-hybridized carbons (Fsp3) is 0.133. The van der Waals surface area contributed by atoms with Gasteiger partial charge in [-0.2, -0.15) is 4.98 Å². The summed E-state index contributed by atoms with van der Waals surface area (Å²) in [4.78, 5) is 37.4. The predicted octanol–water partition coefficient (Wildman–Crippen LogP) is 0.878. The first kappa shape index (κ1) is 16.1. The number of ketones is 1. The zero-order valence-corrected chi connectivity index (χ0v) is 12.5. The fourth-order valence-electron chi connectivity index (χ4n) is 1.67. The molecule has 0 saturated carbocycles. The highest BCUT2D eigenvalue weighted by molar-refractivity contribution is 6.04. The van der Waals surface area contributed by atoms with Crippen LogP contribution < -0.4 is 10.3 Å². The van der Waals surface area contributed by atoms with Gasteiger partial charge in [0.15, 0.2) is 17.4 Å². The molecule has 0 fully saturated rings. The zero-order valence-electron chi connectivity index (χ0n) is 12.5. The van der Waals surface area contributed by atoms with Crippen molar-refractivity contribution in [3.05, 3.63) is 52.1 Å². The monoisotopic (exact) mass is 314 g/mol. The van der Waals surface area contributed by atoms with Crippen molar-refractivity contribution in [1.29, 1.82) is 0 Å². The number of rotatable bonds is 5. The summed E-state index contributed by atoms with van der Waals surface area (Å²) in [6.45, 7) is 1.65. The topological polar surface area (TPSA) is 118 Å². The molecule has 0 aliphatic rings. The first-order valence-electron chi connectivity index (χ1n) is 6.56. The van der Waals surface area contributed by atoms with Crippen LogP contribution in [0.3, 0.4) is 0 Å². The minimum absolute atomic E-state index is 0.0193. The number of carbonyl (C=O) groups is 1. The molecule has 118 valence electrons. The Balaban J connectivity index is 2.09. The van der Waals surface area contributed by atoms with E-state index in [0.717, 1.165) is 0 Å². The van der Waals surface area contributed by atoms with E-state index >= 15 is 0 Å². The van der Waals surface area contributed by atoms with Gasteiger partial charge in [-0.15, -0.1) is 0 Å². The Morgan fingerprint density at radius 2 is 2.04 bits per heavy atom. The molecule has 2 heterocycles. The van der Waals surface area contributed by atoms with Crippen molar-refractivity contribution in [2.75, 3.05) is 7.11 Å². The molecule has 0 atom stereocenters. The maximum Gasteiger partial charge on any atom is 0.260 e. The Morgan fingerprint density at radius 3 is 2.74 bits per heavy atom. The number of aromatic hydroxyl groups is 1. The molecule has 0 unspecified atom stereocenters. The summed E-state index contributed by atoms with van der Waals surface area (Å²) in [6.07, 6.45) is 6.52. The molecule has 0 saturated heterocycles. The number of carbonyl (C=O) groups excluding carboxylic acids is 1. The van der Waals surface area contributed by atoms with Crippen molar-refractivity contribution in [2.45, 2.75) is 6.92 Å². The minimum atomic E-state index is -0.333. The number of ether oxygens (including phenoxy) is 1. The van der Waals surface area contributed by atoms with Crippen LogP contribution in [0.4, 0.5) is 0 Å². The van der Waals surface area contributed by atoms with E-state index in [-0.39, 0.29) is 28.8 Å². The maximum absolute atomic E-state index is 11.8. The van der Waals surface area contributed by atoms with E-state index in [1.807, 2.05) is 0 Å². The van der Waals surface area contributed by atoms with Gasteiger partial charge in [-0.3, -0.25) is 9.59 Å². The lowest BCUT2D eigenvalue weighted by Gasteiger charge is -2.01. The number of nitrogens with one attached hydrogen (secondary N) is 1. The Kier molecular flexibility index (Phi) is 4.98. The van der Waals surface area contributed by atoms with Gasteiger partial charge in [0.1, 0.15) is 5.82 Å². The summed E-state index contributed by atoms with van der Waals surface area (Å²) in [7, 11) is 1.36. The predicted molar refractivity (Wildman–Crippen MR) is 82.9 cm³/mol. The lowest BCUT2D eigenvalue weighted by atomic mass is 10.2. The highest BCUT2D eigenvalue weighted by atomic mass is 16.5. The molecule has 0 bridgehead atoms. The standard InChI is InChI=1S/C15H14N4O4/c1-9-17-10(7-14(22)18-9)3-4-11(20)5-6-13-16-8-12(21)15(19-13)23-2/h3-8,21H,1-2H3,(H,17,18,22)/b4-3+,6-5+. The van der Waals surface area contributed by atoms with E-state index in [9.17, 15) is 14.7 Å². The number of methoxy groups -OCH3 is 1. The minimum Gasteiger partial charge on any atom is -0.502 e. The third-order valence-corrected chi connectivity index (χ3v) is 2.64. The van der Waals surface area contributed by atoms with Crippen molar-refractivity contribution in [1.82, 2.24) is 19.9 Å². The van der Waals surface area contributed by atoms with Gasteiger partial charge in [0.05, 0.1) is 19.0 Å². The van der Waals surface area contributed by atoms with Crippen LogP contribution in [0.5, 0.6) is 11.6 Å². The van der Waals surface area contributed by atoms with Crippen molar-refractivity contribution in [2.24, 2.45) is 0 Å². The van der Waals surface area contributed by atoms with Gasteiger partial charge in [-0.25, -0.2) is 9.97 Å². The molecule has 0 aliphatic heterocycles. The van der Waals surface area contributed by atoms with Crippen molar-refractivity contribution in [3.8, 4) is 11.6 Å². The quantitative estimate of drug-likeness (QED) is 0.786. The molecule has 8 nitrogen and oxygen atoms in total. The number of allylic oxidation sites excluding steroid dienone is 2. The summed E-state index contributed by atoms with van der Waals surface area (Å²) in [5.74, 6) is 0.175. The highest BCUT2D eigenvalue weighted by Crippen LogP contribution is 2.20. The van der Waals surface area contributed by atoms with E-state index in [4.69, 9.17) is 4.74 Å².